The van der Waals surface area contributed by atoms with Crippen molar-refractivity contribution in [2.45, 2.75) is 283 Å². The number of nitrogens with two attached hydrogens (primary N) is 1. The van der Waals surface area contributed by atoms with Crippen LogP contribution in [-0.2, 0) is 27.9 Å². The van der Waals surface area contributed by atoms with E-state index in [9.17, 15) is 14.3 Å². The molecule has 0 spiro atoms. The van der Waals surface area contributed by atoms with Gasteiger partial charge in [-0.1, -0.05) is 256 Å². The molecule has 0 aliphatic carbocycles. The van der Waals surface area contributed by atoms with E-state index in [4.69, 9.17) is 24.3 Å². The van der Waals surface area contributed by atoms with Crippen molar-refractivity contribution in [3.8, 4) is 0 Å². The Morgan fingerprint density at radius 1 is 0.462 bits per heavy atom. The number of esters is 1. The number of allylic oxidation sites excluding steroid dienone is 6. The van der Waals surface area contributed by atoms with Gasteiger partial charge in [-0.25, -0.2) is 4.57 Å². The number of rotatable bonds is 54. The summed E-state index contributed by atoms with van der Waals surface area (Å²) in [5.41, 5.74) is 5.40. The summed E-state index contributed by atoms with van der Waals surface area (Å²) < 4.78 is 33.7. The molecular weight excluding hydrogens is 830 g/mol. The predicted octanol–water partition coefficient (Wildman–Crippen LogP) is 17.7. The Morgan fingerprint density at radius 3 is 1.22 bits per heavy atom. The van der Waals surface area contributed by atoms with Crippen LogP contribution in [0, 0.1) is 0 Å². The van der Waals surface area contributed by atoms with Gasteiger partial charge in [0.2, 0.25) is 0 Å². The molecule has 2 unspecified atom stereocenters. The molecule has 0 aromatic carbocycles. The average Bonchev–Trinajstić information content (AvgIpc) is 3.30. The Morgan fingerprint density at radius 2 is 0.815 bits per heavy atom. The maximum absolute atomic E-state index is 12.7. The Kier molecular flexibility index (Phi) is 52.6. The van der Waals surface area contributed by atoms with Gasteiger partial charge in [0.25, 0.3) is 0 Å². The monoisotopic (exact) mass is 938 g/mol. The van der Waals surface area contributed by atoms with E-state index in [0.29, 0.717) is 13.0 Å². The molecule has 0 aromatic heterocycles. The normalized spacial score (nSPS) is 13.5. The minimum absolute atomic E-state index is 0.0962. The number of carbonyl (C=O) groups is 1. The molecule has 0 aromatic rings. The molecule has 0 amide bonds. The molecule has 384 valence electrons. The van der Waals surface area contributed by atoms with E-state index in [-0.39, 0.29) is 32.3 Å². The summed E-state index contributed by atoms with van der Waals surface area (Å²) in [5.74, 6) is -0.328. The van der Waals surface area contributed by atoms with Crippen LogP contribution in [0.4, 0.5) is 0 Å². The minimum atomic E-state index is -4.29. The second kappa shape index (κ2) is 53.7. The highest BCUT2D eigenvalue weighted by Gasteiger charge is 2.25. The third-order valence-electron chi connectivity index (χ3n) is 12.3. The molecule has 0 saturated carbocycles. The van der Waals surface area contributed by atoms with E-state index in [1.165, 1.54) is 205 Å². The van der Waals surface area contributed by atoms with Crippen LogP contribution in [0.15, 0.2) is 36.5 Å². The fraction of sp³-hybridized carbons (Fsp3) is 0.875. The Bertz CT molecular complexity index is 1100. The number of phosphoric acid groups is 1. The van der Waals surface area contributed by atoms with E-state index >= 15 is 0 Å². The molecule has 8 nitrogen and oxygen atoms in total. The van der Waals surface area contributed by atoms with Crippen molar-refractivity contribution >= 4 is 13.8 Å². The molecule has 0 rings (SSSR count). The SMILES string of the molecule is CCCCCCC/C=C\C/C=C\C/C=C\CCCCCCCCCOCC(COP(=O)(O)OCCN)OC(=O)CCCCCCCCCCCCCCCCCCCCCCCCCC. The summed E-state index contributed by atoms with van der Waals surface area (Å²) in [6, 6.07) is 0. The molecule has 0 radical (unpaired) electrons. The largest absolute Gasteiger partial charge is 0.472 e. The molecule has 0 aliphatic heterocycles. The number of ether oxygens (including phenoxy) is 2. The fourth-order valence-corrected chi connectivity index (χ4v) is 8.95. The summed E-state index contributed by atoms with van der Waals surface area (Å²) in [7, 11) is -4.29. The molecule has 0 saturated heterocycles. The van der Waals surface area contributed by atoms with Gasteiger partial charge in [-0.15, -0.1) is 0 Å². The van der Waals surface area contributed by atoms with Gasteiger partial charge >= 0.3 is 13.8 Å². The zero-order valence-electron chi connectivity index (χ0n) is 43.0. The predicted molar refractivity (Wildman–Crippen MR) is 280 cm³/mol. The first-order valence-electron chi connectivity index (χ1n) is 28.0. The second-order valence-corrected chi connectivity index (χ2v) is 20.3. The van der Waals surface area contributed by atoms with Crippen LogP contribution in [0.2, 0.25) is 0 Å². The number of carbonyl (C=O) groups excluding carboxylic acids is 1. The van der Waals surface area contributed by atoms with Gasteiger partial charge in [0, 0.05) is 19.6 Å². The zero-order chi connectivity index (χ0) is 47.3. The summed E-state index contributed by atoms with van der Waals surface area (Å²) in [5, 5.41) is 0. The number of unbranched alkanes of at least 4 members (excludes halogenated alkanes) is 35. The highest BCUT2D eigenvalue weighted by molar-refractivity contribution is 7.47. The molecule has 9 heteroatoms. The number of hydrogen-bond acceptors (Lipinski definition) is 7. The van der Waals surface area contributed by atoms with E-state index in [1.54, 1.807) is 0 Å². The zero-order valence-corrected chi connectivity index (χ0v) is 43.9. The maximum Gasteiger partial charge on any atom is 0.472 e. The summed E-state index contributed by atoms with van der Waals surface area (Å²) >= 11 is 0. The lowest BCUT2D eigenvalue weighted by atomic mass is 10.0. The molecule has 3 N–H and O–H groups in total. The minimum Gasteiger partial charge on any atom is -0.457 e. The van der Waals surface area contributed by atoms with Crippen molar-refractivity contribution in [1.29, 1.82) is 0 Å². The van der Waals surface area contributed by atoms with Gasteiger partial charge in [0.1, 0.15) is 6.10 Å². The lowest BCUT2D eigenvalue weighted by Gasteiger charge is -2.20. The average molecular weight is 938 g/mol. The Labute approximate surface area is 403 Å². The van der Waals surface area contributed by atoms with Crippen LogP contribution >= 0.6 is 7.82 Å². The molecule has 0 heterocycles. The standard InChI is InChI=1S/C56H108NO7P/c1-3-5-7-9-11-13-15-17-19-21-23-25-27-28-29-31-33-35-37-39-41-43-45-47-49-56(58)64-55(54-63-65(59,60)62-52-50-57)53-61-51-48-46-44-42-40-38-36-34-32-30-26-24-22-20-18-16-14-12-10-8-6-4-2/h16,18,22,24,30,32,55H,3-15,17,19-21,23,25-29,31,33-54,57H2,1-2H3,(H,59,60)/b18-16-,24-22-,32-30-. The first-order valence-corrected chi connectivity index (χ1v) is 29.5. The van der Waals surface area contributed by atoms with Crippen molar-refractivity contribution in [1.82, 2.24) is 0 Å². The first-order chi connectivity index (χ1) is 31.9. The van der Waals surface area contributed by atoms with Crippen LogP contribution in [0.1, 0.15) is 277 Å². The molecule has 2 atom stereocenters. The van der Waals surface area contributed by atoms with Crippen molar-refractivity contribution in [2.75, 3.05) is 33.0 Å². The Hall–Kier alpha value is -1.28. The van der Waals surface area contributed by atoms with Gasteiger partial charge < -0.3 is 20.1 Å². The summed E-state index contributed by atoms with van der Waals surface area (Å²) in [6.07, 6.45) is 64.8. The van der Waals surface area contributed by atoms with Crippen molar-refractivity contribution in [3.63, 3.8) is 0 Å². The van der Waals surface area contributed by atoms with Crippen molar-refractivity contribution < 1.29 is 32.8 Å². The first kappa shape index (κ1) is 63.7. The lowest BCUT2D eigenvalue weighted by molar-refractivity contribution is -0.154. The smallest absolute Gasteiger partial charge is 0.457 e. The fourth-order valence-electron chi connectivity index (χ4n) is 8.18. The van der Waals surface area contributed by atoms with E-state index in [2.05, 4.69) is 50.3 Å². The third kappa shape index (κ3) is 53.5. The highest BCUT2D eigenvalue weighted by Crippen LogP contribution is 2.43. The molecule has 0 aliphatic rings. The Balaban J connectivity index is 3.89. The van der Waals surface area contributed by atoms with E-state index < -0.39 is 13.9 Å². The van der Waals surface area contributed by atoms with Crippen LogP contribution < -0.4 is 5.73 Å². The topological polar surface area (TPSA) is 117 Å². The number of phosphoric ester groups is 1. The van der Waals surface area contributed by atoms with E-state index in [1.807, 2.05) is 0 Å². The molecule has 0 fully saturated rings. The van der Waals surface area contributed by atoms with Gasteiger partial charge in [0.15, 0.2) is 0 Å². The lowest BCUT2D eigenvalue weighted by Crippen LogP contribution is -2.28. The number of hydrogen-bond donors (Lipinski definition) is 2. The third-order valence-corrected chi connectivity index (χ3v) is 13.3. The van der Waals surface area contributed by atoms with Crippen molar-refractivity contribution in [3.05, 3.63) is 36.5 Å². The summed E-state index contributed by atoms with van der Waals surface area (Å²) in [4.78, 5) is 22.6. The summed E-state index contributed by atoms with van der Waals surface area (Å²) in [6.45, 7) is 4.94. The van der Waals surface area contributed by atoms with E-state index in [0.717, 1.165) is 51.4 Å². The van der Waals surface area contributed by atoms with Crippen LogP contribution in [-0.4, -0.2) is 49.9 Å². The molecule has 0 bridgehead atoms. The van der Waals surface area contributed by atoms with Gasteiger partial charge in [-0.3, -0.25) is 13.8 Å². The maximum atomic E-state index is 12.7. The van der Waals surface area contributed by atoms with Crippen LogP contribution in [0.5, 0.6) is 0 Å². The molecule has 65 heavy (non-hydrogen) atoms. The quantitative estimate of drug-likeness (QED) is 0.0268. The van der Waals surface area contributed by atoms with Gasteiger partial charge in [-0.05, 0) is 51.4 Å². The van der Waals surface area contributed by atoms with Crippen LogP contribution in [0.25, 0.3) is 0 Å². The highest BCUT2D eigenvalue weighted by atomic mass is 31.2. The van der Waals surface area contributed by atoms with Gasteiger partial charge in [0.05, 0.1) is 19.8 Å². The van der Waals surface area contributed by atoms with Crippen LogP contribution in [0.3, 0.4) is 0 Å². The second-order valence-electron chi connectivity index (χ2n) is 18.8. The van der Waals surface area contributed by atoms with Gasteiger partial charge in [-0.2, -0.15) is 0 Å². The molecular formula is C56H108NO7P. The van der Waals surface area contributed by atoms with Crippen molar-refractivity contribution in [2.24, 2.45) is 5.73 Å².